The molecule has 0 aromatic carbocycles. The maximum atomic E-state index is 11.2. The second-order valence-corrected chi connectivity index (χ2v) is 5.62. The number of aliphatic hydroxyl groups is 1. The van der Waals surface area contributed by atoms with E-state index in [2.05, 4.69) is 15.0 Å². The van der Waals surface area contributed by atoms with Gasteiger partial charge in [-0.05, 0) is 6.92 Å². The Balaban J connectivity index is 2.12. The molecule has 2 N–H and O–H groups in total. The fraction of sp³-hybridized carbons (Fsp3) is 0.909. The molecule has 0 amide bonds. The molecule has 0 spiro atoms. The summed E-state index contributed by atoms with van der Waals surface area (Å²) in [5.41, 5.74) is -1.44. The van der Waals surface area contributed by atoms with Crippen LogP contribution in [0.4, 0.5) is 0 Å². The van der Waals surface area contributed by atoms with Gasteiger partial charge in [0.15, 0.2) is 5.60 Å². The van der Waals surface area contributed by atoms with E-state index < -0.39 is 11.6 Å². The van der Waals surface area contributed by atoms with Gasteiger partial charge >= 0.3 is 5.97 Å². The van der Waals surface area contributed by atoms with E-state index in [1.165, 1.54) is 25.5 Å². The second-order valence-electron chi connectivity index (χ2n) is 4.40. The lowest BCUT2D eigenvalue weighted by molar-refractivity contribution is -0.159. The zero-order valence-corrected chi connectivity index (χ0v) is 11.4. The Labute approximate surface area is 107 Å². The van der Waals surface area contributed by atoms with Crippen molar-refractivity contribution < 1.29 is 14.6 Å². The van der Waals surface area contributed by atoms with E-state index in [0.29, 0.717) is 0 Å². The first kappa shape index (κ1) is 14.8. The minimum absolute atomic E-state index is 0.224. The van der Waals surface area contributed by atoms with Crippen LogP contribution in [0.3, 0.4) is 0 Å². The summed E-state index contributed by atoms with van der Waals surface area (Å²) in [6.07, 6.45) is 0. The third-order valence-corrected chi connectivity index (χ3v) is 3.75. The number of nitrogens with one attached hydrogen (secondary N) is 1. The number of nitrogens with zero attached hydrogens (tertiary/aromatic N) is 1. The van der Waals surface area contributed by atoms with Crippen LogP contribution in [-0.2, 0) is 9.53 Å². The first-order chi connectivity index (χ1) is 8.06. The van der Waals surface area contributed by atoms with Gasteiger partial charge in [0.25, 0.3) is 0 Å². The third kappa shape index (κ3) is 5.25. The van der Waals surface area contributed by atoms with Crippen LogP contribution in [0.25, 0.3) is 0 Å². The van der Waals surface area contributed by atoms with Gasteiger partial charge in [0.1, 0.15) is 0 Å². The SMILES string of the molecule is COC(=O)C(C)(O)CNCCN1CCSCC1. The van der Waals surface area contributed by atoms with Gasteiger partial charge < -0.3 is 20.1 Å². The maximum Gasteiger partial charge on any atom is 0.338 e. The highest BCUT2D eigenvalue weighted by Gasteiger charge is 2.30. The van der Waals surface area contributed by atoms with Crippen LogP contribution < -0.4 is 5.32 Å². The first-order valence-corrected chi connectivity index (χ1v) is 7.03. The molecule has 6 heteroatoms. The van der Waals surface area contributed by atoms with Crippen LogP contribution in [0.5, 0.6) is 0 Å². The van der Waals surface area contributed by atoms with Crippen molar-refractivity contribution in [2.45, 2.75) is 12.5 Å². The molecule has 1 fully saturated rings. The molecule has 0 aromatic heterocycles. The van der Waals surface area contributed by atoms with Crippen LogP contribution in [0.15, 0.2) is 0 Å². The van der Waals surface area contributed by atoms with Gasteiger partial charge in [-0.2, -0.15) is 11.8 Å². The Morgan fingerprint density at radius 2 is 2.18 bits per heavy atom. The molecule has 17 heavy (non-hydrogen) atoms. The topological polar surface area (TPSA) is 61.8 Å². The van der Waals surface area contributed by atoms with Gasteiger partial charge in [0.05, 0.1) is 7.11 Å². The van der Waals surface area contributed by atoms with Crippen molar-refractivity contribution in [2.24, 2.45) is 0 Å². The predicted molar refractivity (Wildman–Crippen MR) is 69.3 cm³/mol. The van der Waals surface area contributed by atoms with Crippen LogP contribution >= 0.6 is 11.8 Å². The van der Waals surface area contributed by atoms with Gasteiger partial charge in [-0.1, -0.05) is 0 Å². The molecule has 1 rings (SSSR count). The molecule has 100 valence electrons. The number of rotatable bonds is 6. The van der Waals surface area contributed by atoms with Crippen molar-refractivity contribution >= 4 is 17.7 Å². The van der Waals surface area contributed by atoms with Gasteiger partial charge in [-0.3, -0.25) is 0 Å². The lowest BCUT2D eigenvalue weighted by Gasteiger charge is -2.27. The average Bonchev–Trinajstić information content (AvgIpc) is 2.35. The summed E-state index contributed by atoms with van der Waals surface area (Å²) in [6, 6.07) is 0. The van der Waals surface area contributed by atoms with E-state index in [-0.39, 0.29) is 6.54 Å². The monoisotopic (exact) mass is 262 g/mol. The lowest BCUT2D eigenvalue weighted by Crippen LogP contribution is -2.47. The highest BCUT2D eigenvalue weighted by Crippen LogP contribution is 2.08. The molecule has 1 saturated heterocycles. The van der Waals surface area contributed by atoms with Gasteiger partial charge in [-0.15, -0.1) is 0 Å². The number of hydrogen-bond donors (Lipinski definition) is 2. The molecular formula is C11H22N2O3S. The average molecular weight is 262 g/mol. The molecule has 1 atom stereocenters. The zero-order valence-electron chi connectivity index (χ0n) is 10.6. The Bertz CT molecular complexity index is 243. The van der Waals surface area contributed by atoms with E-state index in [9.17, 15) is 9.90 Å². The molecule has 1 aliphatic rings. The Morgan fingerprint density at radius 3 is 2.76 bits per heavy atom. The molecule has 1 unspecified atom stereocenters. The lowest BCUT2D eigenvalue weighted by atomic mass is 10.1. The number of esters is 1. The predicted octanol–water partition coefficient (Wildman–Crippen LogP) is -0.451. The maximum absolute atomic E-state index is 11.2. The number of carbonyl (C=O) groups is 1. The number of methoxy groups -OCH3 is 1. The molecule has 0 radical (unpaired) electrons. The standard InChI is InChI=1S/C11H22N2O3S/c1-11(15,10(14)16-2)9-12-3-4-13-5-7-17-8-6-13/h12,15H,3-9H2,1-2H3. The van der Waals surface area contributed by atoms with E-state index in [1.54, 1.807) is 0 Å². The number of ether oxygens (including phenoxy) is 1. The summed E-state index contributed by atoms with van der Waals surface area (Å²) in [7, 11) is 1.28. The largest absolute Gasteiger partial charge is 0.467 e. The first-order valence-electron chi connectivity index (χ1n) is 5.88. The molecule has 0 aliphatic carbocycles. The van der Waals surface area contributed by atoms with Crippen LogP contribution in [0.2, 0.25) is 0 Å². The highest BCUT2D eigenvalue weighted by molar-refractivity contribution is 7.99. The van der Waals surface area contributed by atoms with Crippen LogP contribution in [0, 0.1) is 0 Å². The van der Waals surface area contributed by atoms with Crippen molar-refractivity contribution in [3.8, 4) is 0 Å². The zero-order chi connectivity index (χ0) is 12.7. The van der Waals surface area contributed by atoms with E-state index in [1.807, 2.05) is 11.8 Å². The Morgan fingerprint density at radius 1 is 1.53 bits per heavy atom. The fourth-order valence-corrected chi connectivity index (χ4v) is 2.66. The molecule has 5 nitrogen and oxygen atoms in total. The van der Waals surface area contributed by atoms with Gasteiger partial charge in [0, 0.05) is 44.2 Å². The molecule has 0 saturated carbocycles. The second kappa shape index (κ2) is 7.20. The quantitative estimate of drug-likeness (QED) is 0.499. The number of carbonyl (C=O) groups excluding carboxylic acids is 1. The van der Waals surface area contributed by atoms with E-state index in [0.717, 1.165) is 26.2 Å². The summed E-state index contributed by atoms with van der Waals surface area (Å²) < 4.78 is 4.52. The van der Waals surface area contributed by atoms with Crippen molar-refractivity contribution in [1.29, 1.82) is 0 Å². The summed E-state index contributed by atoms with van der Waals surface area (Å²) in [4.78, 5) is 13.6. The van der Waals surface area contributed by atoms with Crippen LogP contribution in [-0.4, -0.2) is 72.9 Å². The molecular weight excluding hydrogens is 240 g/mol. The minimum Gasteiger partial charge on any atom is -0.467 e. The summed E-state index contributed by atoms with van der Waals surface area (Å²) in [5.74, 6) is 1.79. The Hall–Kier alpha value is -0.300. The fourth-order valence-electron chi connectivity index (χ4n) is 1.69. The van der Waals surface area contributed by atoms with E-state index >= 15 is 0 Å². The number of thioether (sulfide) groups is 1. The van der Waals surface area contributed by atoms with Crippen molar-refractivity contribution in [3.05, 3.63) is 0 Å². The summed E-state index contributed by atoms with van der Waals surface area (Å²) in [5, 5.41) is 12.9. The molecule has 0 bridgehead atoms. The molecule has 1 aliphatic heterocycles. The number of hydrogen-bond acceptors (Lipinski definition) is 6. The van der Waals surface area contributed by atoms with E-state index in [4.69, 9.17) is 0 Å². The van der Waals surface area contributed by atoms with Crippen molar-refractivity contribution in [3.63, 3.8) is 0 Å². The summed E-state index contributed by atoms with van der Waals surface area (Å²) >= 11 is 1.99. The minimum atomic E-state index is -1.44. The van der Waals surface area contributed by atoms with Gasteiger partial charge in [-0.25, -0.2) is 4.79 Å². The molecule has 1 heterocycles. The highest BCUT2D eigenvalue weighted by atomic mass is 32.2. The van der Waals surface area contributed by atoms with Crippen LogP contribution in [0.1, 0.15) is 6.92 Å². The normalized spacial score (nSPS) is 20.9. The smallest absolute Gasteiger partial charge is 0.338 e. The van der Waals surface area contributed by atoms with Gasteiger partial charge in [0.2, 0.25) is 0 Å². The van der Waals surface area contributed by atoms with Crippen molar-refractivity contribution in [1.82, 2.24) is 10.2 Å². The molecule has 0 aromatic rings. The van der Waals surface area contributed by atoms with Crippen molar-refractivity contribution in [2.75, 3.05) is 51.3 Å². The third-order valence-electron chi connectivity index (χ3n) is 2.80. The summed E-state index contributed by atoms with van der Waals surface area (Å²) in [6.45, 7) is 5.67. The Kier molecular flexibility index (Phi) is 6.26.